The van der Waals surface area contributed by atoms with E-state index >= 15 is 0 Å². The monoisotopic (exact) mass is 325 g/mol. The summed E-state index contributed by atoms with van der Waals surface area (Å²) in [5.74, 6) is -0.0247. The van der Waals surface area contributed by atoms with Gasteiger partial charge in [-0.15, -0.1) is 0 Å². The number of nitrogens with one attached hydrogen (secondary N) is 1. The van der Waals surface area contributed by atoms with Crippen molar-refractivity contribution in [1.29, 1.82) is 0 Å². The van der Waals surface area contributed by atoms with Crippen LogP contribution in [0, 0.1) is 0 Å². The molecule has 5 nitrogen and oxygen atoms in total. The van der Waals surface area contributed by atoms with Gasteiger partial charge in [0.05, 0.1) is 5.02 Å². The third kappa shape index (κ3) is 2.42. The third-order valence-electron chi connectivity index (χ3n) is 1.88. The molecule has 0 radical (unpaired) electrons. The van der Waals surface area contributed by atoms with Gasteiger partial charge in [0.25, 0.3) is 0 Å². The number of rotatable bonds is 2. The van der Waals surface area contributed by atoms with Crippen LogP contribution in [0.1, 0.15) is 0 Å². The Morgan fingerprint density at radius 2 is 2.12 bits per heavy atom. The van der Waals surface area contributed by atoms with Gasteiger partial charge in [0.15, 0.2) is 0 Å². The van der Waals surface area contributed by atoms with Gasteiger partial charge < -0.3 is 9.51 Å². The number of phosphoric ester groups is 1. The zero-order valence-electron chi connectivity index (χ0n) is 7.65. The van der Waals surface area contributed by atoms with Crippen LogP contribution in [-0.4, -0.2) is 14.8 Å². The molecule has 0 atom stereocenters. The van der Waals surface area contributed by atoms with Crippen LogP contribution in [0.15, 0.2) is 22.7 Å². The van der Waals surface area contributed by atoms with Crippen LogP contribution < -0.4 is 4.52 Å². The lowest BCUT2D eigenvalue weighted by atomic mass is 10.2. The molecule has 0 bridgehead atoms. The zero-order chi connectivity index (χ0) is 11.9. The molecule has 3 N–H and O–H groups in total. The highest BCUT2D eigenvalue weighted by molar-refractivity contribution is 9.10. The number of H-pyrrole nitrogens is 1. The summed E-state index contributed by atoms with van der Waals surface area (Å²) >= 11 is 9.24. The summed E-state index contributed by atoms with van der Waals surface area (Å²) in [6.07, 6.45) is 0. The molecule has 16 heavy (non-hydrogen) atoms. The van der Waals surface area contributed by atoms with Crippen LogP contribution in [0.2, 0.25) is 5.02 Å². The van der Waals surface area contributed by atoms with Gasteiger partial charge in [0.2, 0.25) is 5.88 Å². The average molecular weight is 326 g/mol. The van der Waals surface area contributed by atoms with Gasteiger partial charge in [0.1, 0.15) is 0 Å². The Bertz CT molecular complexity index is 593. The molecule has 0 aliphatic rings. The minimum atomic E-state index is -4.56. The first-order valence-corrected chi connectivity index (χ1v) is 6.79. The summed E-state index contributed by atoms with van der Waals surface area (Å²) in [5, 5.41) is 1.08. The normalized spacial score (nSPS) is 12.0. The molecule has 86 valence electrons. The third-order valence-corrected chi connectivity index (χ3v) is 3.61. The lowest BCUT2D eigenvalue weighted by Gasteiger charge is -2.02. The Morgan fingerprint density at radius 1 is 1.44 bits per heavy atom. The fourth-order valence-corrected chi connectivity index (χ4v) is 2.21. The first-order valence-electron chi connectivity index (χ1n) is 4.09. The van der Waals surface area contributed by atoms with Crippen molar-refractivity contribution in [2.24, 2.45) is 0 Å². The molecule has 0 unspecified atom stereocenters. The molecule has 1 aromatic heterocycles. The van der Waals surface area contributed by atoms with Crippen molar-refractivity contribution in [2.75, 3.05) is 0 Å². The summed E-state index contributed by atoms with van der Waals surface area (Å²) < 4.78 is 15.8. The van der Waals surface area contributed by atoms with Crippen molar-refractivity contribution in [3.05, 3.63) is 27.7 Å². The number of halogens is 2. The van der Waals surface area contributed by atoms with Crippen molar-refractivity contribution in [3.8, 4) is 5.88 Å². The van der Waals surface area contributed by atoms with Gasteiger partial charge in [-0.1, -0.05) is 11.6 Å². The summed E-state index contributed by atoms with van der Waals surface area (Å²) in [4.78, 5) is 20.0. The molecule has 0 spiro atoms. The molecule has 0 aliphatic heterocycles. The van der Waals surface area contributed by atoms with Crippen LogP contribution in [0.25, 0.3) is 10.9 Å². The second-order valence-corrected chi connectivity index (χ2v) is 5.43. The van der Waals surface area contributed by atoms with E-state index in [1.54, 1.807) is 12.1 Å². The summed E-state index contributed by atoms with van der Waals surface area (Å²) in [7, 11) is -4.56. The first-order chi connectivity index (χ1) is 7.37. The molecule has 0 fully saturated rings. The SMILES string of the molecule is O=P(O)(O)Oc1cc2c(Cl)c(Br)ccc2[nH]1. The van der Waals surface area contributed by atoms with Crippen LogP contribution in [0.5, 0.6) is 5.88 Å². The minimum Gasteiger partial charge on any atom is -0.388 e. The Hall–Kier alpha value is -0.520. The van der Waals surface area contributed by atoms with Crippen molar-refractivity contribution in [1.82, 2.24) is 4.98 Å². The van der Waals surface area contributed by atoms with Crippen LogP contribution in [0.4, 0.5) is 0 Å². The second-order valence-electron chi connectivity index (χ2n) is 3.04. The first kappa shape index (κ1) is 12.0. The Balaban J connectivity index is 2.52. The number of benzene rings is 1. The topological polar surface area (TPSA) is 82.6 Å². The number of phosphoric acid groups is 1. The molecule has 2 rings (SSSR count). The fourth-order valence-electron chi connectivity index (χ4n) is 1.29. The molecule has 8 heteroatoms. The molecule has 1 heterocycles. The number of aromatic nitrogens is 1. The van der Waals surface area contributed by atoms with Gasteiger partial charge in [-0.25, -0.2) is 4.57 Å². The molecule has 1 aromatic carbocycles. The molecule has 0 saturated carbocycles. The Labute approximate surface area is 104 Å². The quantitative estimate of drug-likeness (QED) is 0.741. The van der Waals surface area contributed by atoms with Crippen molar-refractivity contribution in [2.45, 2.75) is 0 Å². The molecular formula is C8H6BrClNO4P. The van der Waals surface area contributed by atoms with Crippen molar-refractivity contribution in [3.63, 3.8) is 0 Å². The predicted molar refractivity (Wildman–Crippen MR) is 63.7 cm³/mol. The van der Waals surface area contributed by atoms with Gasteiger partial charge in [-0.2, -0.15) is 0 Å². The van der Waals surface area contributed by atoms with E-state index in [9.17, 15) is 4.57 Å². The molecular weight excluding hydrogens is 320 g/mol. The van der Waals surface area contributed by atoms with Gasteiger partial charge in [-0.05, 0) is 28.1 Å². The van der Waals surface area contributed by atoms with Crippen molar-refractivity contribution >= 4 is 46.3 Å². The lowest BCUT2D eigenvalue weighted by Crippen LogP contribution is -1.89. The van der Waals surface area contributed by atoms with E-state index in [2.05, 4.69) is 25.4 Å². The maximum absolute atomic E-state index is 10.6. The van der Waals surface area contributed by atoms with E-state index in [1.165, 1.54) is 6.07 Å². The average Bonchev–Trinajstić information content (AvgIpc) is 2.52. The predicted octanol–water partition coefficient (Wildman–Crippen LogP) is 3.06. The second kappa shape index (κ2) is 4.05. The maximum Gasteiger partial charge on any atom is 0.525 e. The van der Waals surface area contributed by atoms with Gasteiger partial charge in [-0.3, -0.25) is 9.79 Å². The highest BCUT2D eigenvalue weighted by Gasteiger charge is 2.18. The molecule has 2 aromatic rings. The van der Waals surface area contributed by atoms with E-state index < -0.39 is 7.82 Å². The zero-order valence-corrected chi connectivity index (χ0v) is 10.9. The van der Waals surface area contributed by atoms with E-state index in [4.69, 9.17) is 21.4 Å². The number of hydrogen-bond acceptors (Lipinski definition) is 2. The smallest absolute Gasteiger partial charge is 0.388 e. The molecule has 0 amide bonds. The van der Waals surface area contributed by atoms with Gasteiger partial charge in [0, 0.05) is 21.4 Å². The van der Waals surface area contributed by atoms with E-state index in [-0.39, 0.29) is 5.88 Å². The highest BCUT2D eigenvalue weighted by Crippen LogP contribution is 2.40. The van der Waals surface area contributed by atoms with E-state index in [0.29, 0.717) is 20.4 Å². The summed E-state index contributed by atoms with van der Waals surface area (Å²) in [5.41, 5.74) is 0.636. The summed E-state index contributed by atoms with van der Waals surface area (Å²) in [6, 6.07) is 4.88. The summed E-state index contributed by atoms with van der Waals surface area (Å²) in [6.45, 7) is 0. The maximum atomic E-state index is 10.6. The van der Waals surface area contributed by atoms with Gasteiger partial charge >= 0.3 is 7.82 Å². The Kier molecular flexibility index (Phi) is 3.03. The van der Waals surface area contributed by atoms with E-state index in [1.807, 2.05) is 0 Å². The van der Waals surface area contributed by atoms with Crippen molar-refractivity contribution < 1.29 is 18.9 Å². The minimum absolute atomic E-state index is 0.0247. The number of aromatic amines is 1. The molecule has 0 saturated heterocycles. The molecule has 0 aliphatic carbocycles. The standard InChI is InChI=1S/C8H6BrClNO4P/c9-5-1-2-6-4(8(5)10)3-7(11-6)15-16(12,13)14/h1-3,11H,(H2,12,13,14). The largest absolute Gasteiger partial charge is 0.525 e. The number of fused-ring (bicyclic) bond motifs is 1. The Morgan fingerprint density at radius 3 is 2.75 bits per heavy atom. The van der Waals surface area contributed by atoms with Crippen LogP contribution in [0.3, 0.4) is 0 Å². The lowest BCUT2D eigenvalue weighted by molar-refractivity contribution is 0.280. The van der Waals surface area contributed by atoms with Crippen LogP contribution >= 0.6 is 35.4 Å². The highest BCUT2D eigenvalue weighted by atomic mass is 79.9. The van der Waals surface area contributed by atoms with E-state index in [0.717, 1.165) is 0 Å². The van der Waals surface area contributed by atoms with Crippen LogP contribution in [-0.2, 0) is 4.57 Å². The fraction of sp³-hybridized carbons (Fsp3) is 0. The number of hydrogen-bond donors (Lipinski definition) is 3.